The second-order valence-electron chi connectivity index (χ2n) is 8.47. The molecule has 1 aromatic carbocycles. The molecule has 2 amide bonds. The van der Waals surface area contributed by atoms with Crippen LogP contribution in [0.5, 0.6) is 0 Å². The molecule has 1 aliphatic rings. The lowest BCUT2D eigenvalue weighted by atomic mass is 9.84. The highest BCUT2D eigenvalue weighted by atomic mass is 16.4. The van der Waals surface area contributed by atoms with Crippen LogP contribution in [0.15, 0.2) is 24.3 Å². The maximum Gasteiger partial charge on any atom is 0.317 e. The van der Waals surface area contributed by atoms with E-state index in [1.54, 1.807) is 0 Å². The molecule has 0 aromatic heterocycles. The Morgan fingerprint density at radius 3 is 2.50 bits per heavy atom. The van der Waals surface area contributed by atoms with Gasteiger partial charge in [-0.25, -0.2) is 4.79 Å². The number of nitrogens with one attached hydrogen (secondary N) is 1. The van der Waals surface area contributed by atoms with Crippen molar-refractivity contribution in [2.45, 2.75) is 57.9 Å². The number of rotatable bonds is 7. The van der Waals surface area contributed by atoms with Gasteiger partial charge >= 0.3 is 12.0 Å². The fraction of sp³-hybridized carbons (Fsp3) is 0.636. The Bertz CT molecular complexity index is 657. The van der Waals surface area contributed by atoms with E-state index < -0.39 is 5.97 Å². The molecule has 1 aliphatic heterocycles. The zero-order valence-electron chi connectivity index (χ0n) is 17.7. The van der Waals surface area contributed by atoms with Gasteiger partial charge in [-0.05, 0) is 43.9 Å². The van der Waals surface area contributed by atoms with Crippen molar-refractivity contribution >= 4 is 12.0 Å². The minimum Gasteiger partial charge on any atom is -0.480 e. The van der Waals surface area contributed by atoms with Crippen molar-refractivity contribution in [3.63, 3.8) is 0 Å². The lowest BCUT2D eigenvalue weighted by molar-refractivity contribution is -0.138. The number of carboxylic acid groups (broad SMARTS) is 1. The summed E-state index contributed by atoms with van der Waals surface area (Å²) in [5, 5.41) is 12.1. The minimum atomic E-state index is -0.810. The summed E-state index contributed by atoms with van der Waals surface area (Å²) in [5.41, 5.74) is 2.39. The number of urea groups is 1. The number of nitrogens with zero attached hydrogens (tertiary/aromatic N) is 2. The average Bonchev–Trinajstić information content (AvgIpc) is 2.92. The maximum absolute atomic E-state index is 12.7. The smallest absolute Gasteiger partial charge is 0.317 e. The summed E-state index contributed by atoms with van der Waals surface area (Å²) in [4.78, 5) is 27.4. The van der Waals surface area contributed by atoms with E-state index in [2.05, 4.69) is 50.4 Å². The Labute approximate surface area is 168 Å². The molecule has 156 valence electrons. The molecule has 1 atom stereocenters. The number of hydrogen-bond acceptors (Lipinski definition) is 3. The first kappa shape index (κ1) is 22.2. The van der Waals surface area contributed by atoms with E-state index in [4.69, 9.17) is 5.11 Å². The van der Waals surface area contributed by atoms with Gasteiger partial charge in [-0.3, -0.25) is 9.69 Å². The largest absolute Gasteiger partial charge is 0.480 e. The zero-order valence-corrected chi connectivity index (χ0v) is 17.7. The molecule has 0 radical (unpaired) electrons. The second kappa shape index (κ2) is 9.92. The van der Waals surface area contributed by atoms with Gasteiger partial charge in [0.25, 0.3) is 0 Å². The molecule has 6 nitrogen and oxygen atoms in total. The summed E-state index contributed by atoms with van der Waals surface area (Å²) in [6.07, 6.45) is 3.64. The molecular weight excluding hydrogens is 354 g/mol. The second-order valence-corrected chi connectivity index (χ2v) is 8.47. The summed E-state index contributed by atoms with van der Waals surface area (Å²) in [7, 11) is 1.85. The lowest BCUT2D eigenvalue weighted by Gasteiger charge is -2.29. The third kappa shape index (κ3) is 6.23. The normalized spacial score (nSPS) is 18.0. The molecule has 1 saturated heterocycles. The van der Waals surface area contributed by atoms with E-state index in [0.29, 0.717) is 13.1 Å². The van der Waals surface area contributed by atoms with E-state index in [9.17, 15) is 9.59 Å². The highest BCUT2D eigenvalue weighted by Crippen LogP contribution is 2.23. The van der Waals surface area contributed by atoms with Crippen molar-refractivity contribution in [3.05, 3.63) is 35.4 Å². The SMILES string of the molecule is CCc1ccc(C(C)(C)CNC(=O)N2CCCC(N(C)CC(=O)O)CC2)cc1. The van der Waals surface area contributed by atoms with E-state index in [-0.39, 0.29) is 24.0 Å². The van der Waals surface area contributed by atoms with Crippen LogP contribution in [0.2, 0.25) is 0 Å². The fourth-order valence-corrected chi connectivity index (χ4v) is 3.77. The van der Waals surface area contributed by atoms with Crippen molar-refractivity contribution in [1.82, 2.24) is 15.1 Å². The molecule has 2 rings (SSSR count). The van der Waals surface area contributed by atoms with Crippen LogP contribution in [0.1, 0.15) is 51.2 Å². The molecule has 0 bridgehead atoms. The topological polar surface area (TPSA) is 72.9 Å². The van der Waals surface area contributed by atoms with Crippen LogP contribution in [0, 0.1) is 0 Å². The number of likely N-dealkylation sites (tertiary alicyclic amines) is 1. The first-order chi connectivity index (χ1) is 13.2. The highest BCUT2D eigenvalue weighted by molar-refractivity contribution is 5.74. The Morgan fingerprint density at radius 1 is 1.21 bits per heavy atom. The number of carbonyl (C=O) groups is 2. The molecule has 1 aromatic rings. The summed E-state index contributed by atoms with van der Waals surface area (Å²) >= 11 is 0. The molecule has 2 N–H and O–H groups in total. The van der Waals surface area contributed by atoms with Crippen LogP contribution in [0.25, 0.3) is 0 Å². The van der Waals surface area contributed by atoms with Gasteiger partial charge in [0.15, 0.2) is 0 Å². The third-order valence-electron chi connectivity index (χ3n) is 5.82. The van der Waals surface area contributed by atoms with Crippen LogP contribution >= 0.6 is 0 Å². The number of benzene rings is 1. The van der Waals surface area contributed by atoms with E-state index in [0.717, 1.165) is 32.2 Å². The van der Waals surface area contributed by atoms with Gasteiger partial charge in [0.1, 0.15) is 0 Å². The number of likely N-dealkylation sites (N-methyl/N-ethyl adjacent to an activating group) is 1. The summed E-state index contributed by atoms with van der Waals surface area (Å²) in [6.45, 7) is 8.44. The molecule has 0 spiro atoms. The van der Waals surface area contributed by atoms with Gasteiger partial charge in [-0.1, -0.05) is 45.0 Å². The van der Waals surface area contributed by atoms with Crippen molar-refractivity contribution in [3.8, 4) is 0 Å². The minimum absolute atomic E-state index is 0.0280. The number of aliphatic carboxylic acids is 1. The van der Waals surface area contributed by atoms with Crippen LogP contribution in [0.4, 0.5) is 4.79 Å². The first-order valence-electron chi connectivity index (χ1n) is 10.3. The maximum atomic E-state index is 12.7. The van der Waals surface area contributed by atoms with Gasteiger partial charge < -0.3 is 15.3 Å². The summed E-state index contributed by atoms with van der Waals surface area (Å²) < 4.78 is 0. The van der Waals surface area contributed by atoms with Crippen molar-refractivity contribution in [2.24, 2.45) is 0 Å². The van der Waals surface area contributed by atoms with Crippen molar-refractivity contribution in [2.75, 3.05) is 33.2 Å². The highest BCUT2D eigenvalue weighted by Gasteiger charge is 2.26. The number of hydrogen-bond donors (Lipinski definition) is 2. The van der Waals surface area contributed by atoms with Crippen LogP contribution in [-0.2, 0) is 16.6 Å². The number of aryl methyl sites for hydroxylation is 1. The van der Waals surface area contributed by atoms with Crippen molar-refractivity contribution in [1.29, 1.82) is 0 Å². The molecule has 1 heterocycles. The van der Waals surface area contributed by atoms with E-state index >= 15 is 0 Å². The summed E-state index contributed by atoms with van der Waals surface area (Å²) in [5.74, 6) is -0.810. The lowest BCUT2D eigenvalue weighted by Crippen LogP contribution is -2.45. The molecule has 1 unspecified atom stereocenters. The Morgan fingerprint density at radius 2 is 1.89 bits per heavy atom. The third-order valence-corrected chi connectivity index (χ3v) is 5.82. The Hall–Kier alpha value is -2.08. The number of carboxylic acids is 1. The predicted octanol–water partition coefficient (Wildman–Crippen LogP) is 3.11. The first-order valence-corrected chi connectivity index (χ1v) is 10.3. The predicted molar refractivity (Wildman–Crippen MR) is 112 cm³/mol. The molecule has 1 fully saturated rings. The number of carbonyl (C=O) groups excluding carboxylic acids is 1. The zero-order chi connectivity index (χ0) is 20.7. The number of amides is 2. The standard InChI is InChI=1S/C22H35N3O3/c1-5-17-8-10-18(11-9-17)22(2,3)16-23-21(28)25-13-6-7-19(12-14-25)24(4)15-20(26)27/h8-11,19H,5-7,12-16H2,1-4H3,(H,23,28)(H,26,27). The van der Waals surface area contributed by atoms with Gasteiger partial charge in [0.2, 0.25) is 0 Å². The monoisotopic (exact) mass is 389 g/mol. The molecule has 0 saturated carbocycles. The molecular formula is C22H35N3O3. The summed E-state index contributed by atoms with van der Waals surface area (Å²) in [6, 6.07) is 8.80. The van der Waals surface area contributed by atoms with Gasteiger partial charge in [-0.15, -0.1) is 0 Å². The van der Waals surface area contributed by atoms with E-state index in [1.807, 2.05) is 16.8 Å². The van der Waals surface area contributed by atoms with Crippen molar-refractivity contribution < 1.29 is 14.7 Å². The van der Waals surface area contributed by atoms with Gasteiger partial charge in [0, 0.05) is 31.1 Å². The quantitative estimate of drug-likeness (QED) is 0.752. The molecule has 6 heteroatoms. The van der Waals surface area contributed by atoms with Crippen LogP contribution in [0.3, 0.4) is 0 Å². The van der Waals surface area contributed by atoms with Crippen LogP contribution < -0.4 is 5.32 Å². The average molecular weight is 390 g/mol. The van der Waals surface area contributed by atoms with E-state index in [1.165, 1.54) is 11.1 Å². The van der Waals surface area contributed by atoms with Crippen LogP contribution in [-0.4, -0.2) is 66.2 Å². The van der Waals surface area contributed by atoms with Gasteiger partial charge in [-0.2, -0.15) is 0 Å². The molecule has 0 aliphatic carbocycles. The Balaban J connectivity index is 1.87. The van der Waals surface area contributed by atoms with Gasteiger partial charge in [0.05, 0.1) is 6.54 Å². The molecule has 28 heavy (non-hydrogen) atoms. The fourth-order valence-electron chi connectivity index (χ4n) is 3.77. The Kier molecular flexibility index (Phi) is 7.87.